The van der Waals surface area contributed by atoms with Gasteiger partial charge in [-0.1, -0.05) is 18.2 Å². The molecule has 4 heteroatoms. The number of piperidine rings is 1. The summed E-state index contributed by atoms with van der Waals surface area (Å²) in [6, 6.07) is 6.86. The Balaban J connectivity index is 1.84. The maximum Gasteiger partial charge on any atom is 0.148 e. The normalized spacial score (nSPS) is 39.1. The summed E-state index contributed by atoms with van der Waals surface area (Å²) in [7, 11) is 4.12. The molecule has 1 aromatic carbocycles. The van der Waals surface area contributed by atoms with E-state index in [4.69, 9.17) is 4.74 Å². The van der Waals surface area contributed by atoms with Gasteiger partial charge in [0.1, 0.15) is 24.6 Å². The van der Waals surface area contributed by atoms with Crippen LogP contribution in [0.15, 0.2) is 41.1 Å². The second-order valence-electron chi connectivity index (χ2n) is 8.21. The zero-order valence-corrected chi connectivity index (χ0v) is 15.1. The summed E-state index contributed by atoms with van der Waals surface area (Å²) in [5, 5.41) is 3.65. The van der Waals surface area contributed by atoms with Gasteiger partial charge in [-0.2, -0.15) is 0 Å². The van der Waals surface area contributed by atoms with Gasteiger partial charge in [0.15, 0.2) is 0 Å². The number of hydrogen-bond donors (Lipinski definition) is 1. The van der Waals surface area contributed by atoms with Crippen molar-refractivity contribution in [1.82, 2.24) is 0 Å². The predicted molar refractivity (Wildman–Crippen MR) is 97.6 cm³/mol. The van der Waals surface area contributed by atoms with Crippen LogP contribution < -0.4 is 10.1 Å². The number of allylic oxidation sites excluding steroid dienone is 2. The first kappa shape index (κ1) is 15.2. The minimum absolute atomic E-state index is 0.0510. The van der Waals surface area contributed by atoms with Gasteiger partial charge in [0, 0.05) is 30.0 Å². The summed E-state index contributed by atoms with van der Waals surface area (Å²) in [6.07, 6.45) is 5.52. The molecule has 1 unspecified atom stereocenters. The van der Waals surface area contributed by atoms with Crippen LogP contribution in [0.1, 0.15) is 25.3 Å². The summed E-state index contributed by atoms with van der Waals surface area (Å²) < 4.78 is 6.71. The molecule has 0 radical (unpaired) electrons. The number of anilines is 1. The van der Waals surface area contributed by atoms with Crippen molar-refractivity contribution in [3.63, 3.8) is 0 Å². The Hall–Kier alpha value is -2.07. The number of para-hydroxylation sites is 1. The third-order valence-electron chi connectivity index (χ3n) is 7.37. The number of likely N-dealkylation sites (N-methyl/N-ethyl adjacent to an activating group) is 1. The van der Waals surface area contributed by atoms with Crippen molar-refractivity contribution in [2.24, 2.45) is 5.92 Å². The number of benzene rings is 1. The van der Waals surface area contributed by atoms with Crippen LogP contribution in [0.3, 0.4) is 0 Å². The molecule has 0 amide bonds. The first-order chi connectivity index (χ1) is 12.1. The van der Waals surface area contributed by atoms with Gasteiger partial charge >= 0.3 is 0 Å². The average Bonchev–Trinajstić information content (AvgIpc) is 3.14. The number of nitrogens with zero attached hydrogens (tertiary/aromatic N) is 1. The number of fused-ring (bicyclic) bond motifs is 2. The lowest BCUT2D eigenvalue weighted by atomic mass is 9.61. The molecule has 0 saturated carbocycles. The Bertz CT molecular complexity index is 855. The van der Waals surface area contributed by atoms with Gasteiger partial charge in [-0.05, 0) is 24.1 Å². The smallest absolute Gasteiger partial charge is 0.148 e. The summed E-state index contributed by atoms with van der Waals surface area (Å²) >= 11 is 0. The number of hydrogen-bond acceptors (Lipinski definition) is 3. The number of ether oxygens (including phenoxy) is 1. The molecule has 0 aromatic heterocycles. The summed E-state index contributed by atoms with van der Waals surface area (Å²) in [4.78, 5) is 12.2. The van der Waals surface area contributed by atoms with E-state index in [1.807, 2.05) is 6.07 Å². The van der Waals surface area contributed by atoms with E-state index < -0.39 is 0 Å². The first-order valence-electron chi connectivity index (χ1n) is 9.22. The Morgan fingerprint density at radius 3 is 2.96 bits per heavy atom. The molecule has 3 heterocycles. The van der Waals surface area contributed by atoms with Gasteiger partial charge in [-0.25, -0.2) is 0 Å². The zero-order chi connectivity index (χ0) is 17.4. The monoisotopic (exact) mass is 337 g/mol. The van der Waals surface area contributed by atoms with Gasteiger partial charge < -0.3 is 14.5 Å². The van der Waals surface area contributed by atoms with Crippen LogP contribution in [-0.4, -0.2) is 44.1 Å². The van der Waals surface area contributed by atoms with Gasteiger partial charge in [0.2, 0.25) is 0 Å². The Morgan fingerprint density at radius 1 is 1.40 bits per heavy atom. The van der Waals surface area contributed by atoms with E-state index in [0.717, 1.165) is 59.4 Å². The molecule has 4 atom stereocenters. The van der Waals surface area contributed by atoms with E-state index in [0.29, 0.717) is 6.04 Å². The maximum atomic E-state index is 12.2. The van der Waals surface area contributed by atoms with E-state index in [1.54, 1.807) is 7.11 Å². The topological polar surface area (TPSA) is 38.3 Å². The highest BCUT2D eigenvalue weighted by Gasteiger charge is 2.67. The lowest BCUT2D eigenvalue weighted by Crippen LogP contribution is -2.61. The quantitative estimate of drug-likeness (QED) is 0.512. The van der Waals surface area contributed by atoms with Gasteiger partial charge in [0.05, 0.1) is 31.8 Å². The van der Waals surface area contributed by atoms with E-state index in [1.165, 1.54) is 11.1 Å². The molecule has 2 fully saturated rings. The van der Waals surface area contributed by atoms with Crippen LogP contribution >= 0.6 is 0 Å². The van der Waals surface area contributed by atoms with Crippen molar-refractivity contribution in [3.05, 3.63) is 46.7 Å². The molecular weight excluding hydrogens is 312 g/mol. The van der Waals surface area contributed by atoms with E-state index in [-0.39, 0.29) is 11.3 Å². The highest BCUT2D eigenvalue weighted by molar-refractivity contribution is 5.86. The lowest BCUT2D eigenvalue weighted by Gasteiger charge is -2.51. The Kier molecular flexibility index (Phi) is 2.89. The fraction of sp³-hybridized carbons (Fsp3) is 0.476. The highest BCUT2D eigenvalue weighted by atomic mass is 16.5. The fourth-order valence-electron chi connectivity index (χ4n) is 6.28. The van der Waals surface area contributed by atoms with Crippen LogP contribution in [-0.2, 0) is 10.2 Å². The van der Waals surface area contributed by atoms with Crippen molar-refractivity contribution in [2.75, 3.05) is 32.6 Å². The highest BCUT2D eigenvalue weighted by Crippen LogP contribution is 2.63. The fourth-order valence-corrected chi connectivity index (χ4v) is 6.28. The van der Waals surface area contributed by atoms with Crippen LogP contribution in [0.5, 0.6) is 5.75 Å². The van der Waals surface area contributed by atoms with Crippen molar-refractivity contribution in [1.29, 1.82) is 0 Å². The molecule has 25 heavy (non-hydrogen) atoms. The summed E-state index contributed by atoms with van der Waals surface area (Å²) in [6.45, 7) is 4.34. The third kappa shape index (κ3) is 1.59. The van der Waals surface area contributed by atoms with Crippen LogP contribution in [0.25, 0.3) is 0 Å². The number of nitrogens with one attached hydrogen (secondary N) is 1. The minimum Gasteiger partial charge on any atom is -0.495 e. The molecule has 1 N–H and O–H groups in total. The number of rotatable bonds is 2. The molecule has 1 aromatic rings. The van der Waals surface area contributed by atoms with Gasteiger partial charge in [-0.15, -0.1) is 0 Å². The second-order valence-corrected chi connectivity index (χ2v) is 8.21. The summed E-state index contributed by atoms with van der Waals surface area (Å²) in [5.74, 6) is 1.15. The minimum atomic E-state index is -0.0510. The summed E-state index contributed by atoms with van der Waals surface area (Å²) in [5.41, 5.74) is 5.90. The molecule has 2 bridgehead atoms. The van der Waals surface area contributed by atoms with Crippen LogP contribution in [0, 0.1) is 5.92 Å². The molecule has 2 saturated heterocycles. The second kappa shape index (κ2) is 4.76. The van der Waals surface area contributed by atoms with E-state index in [9.17, 15) is 4.79 Å². The Morgan fingerprint density at radius 2 is 2.24 bits per heavy atom. The number of carbonyl (C=O) groups is 1. The van der Waals surface area contributed by atoms with Crippen molar-refractivity contribution < 1.29 is 14.0 Å². The predicted octanol–water partition coefficient (Wildman–Crippen LogP) is 3.01. The molecular formula is C21H25N2O2+. The van der Waals surface area contributed by atoms with Crippen LogP contribution in [0.2, 0.25) is 0 Å². The largest absolute Gasteiger partial charge is 0.495 e. The third-order valence-corrected chi connectivity index (χ3v) is 7.37. The lowest BCUT2D eigenvalue weighted by molar-refractivity contribution is -0.923. The maximum absolute atomic E-state index is 12.2. The first-order valence-corrected chi connectivity index (χ1v) is 9.22. The van der Waals surface area contributed by atoms with Crippen molar-refractivity contribution in [2.45, 2.75) is 31.2 Å². The number of aldehydes is 1. The van der Waals surface area contributed by atoms with Crippen molar-refractivity contribution >= 4 is 12.0 Å². The standard InChI is InChI=1S/C21H24N2O2/c1-4-13-11-23(2)9-8-21-16-6-5-7-17(25-3)19(16)22-20(21)15(12-24)14(13)10-18(21)23/h4-7,12,14,18H,8-11H2,1-3H3/p+1/b13-4+/t14-,18-,21-,23?/m0/s1. The molecule has 130 valence electrons. The van der Waals surface area contributed by atoms with E-state index in [2.05, 4.69) is 37.5 Å². The van der Waals surface area contributed by atoms with Gasteiger partial charge in [-0.3, -0.25) is 4.79 Å². The molecule has 1 aliphatic carbocycles. The number of methoxy groups -OCH3 is 1. The van der Waals surface area contributed by atoms with E-state index >= 15 is 0 Å². The molecule has 5 rings (SSSR count). The number of quaternary nitrogens is 1. The molecule has 3 aliphatic heterocycles. The SMILES string of the molecule is C/C=C1\C[N+]2(C)CC[C@@]34C(=C(C=O)[C@H]1C[C@@H]32)Nc1c(OC)cccc14. The average molecular weight is 337 g/mol. The Labute approximate surface area is 148 Å². The molecule has 1 spiro atoms. The molecule has 4 aliphatic rings. The number of carbonyl (C=O) groups excluding carboxylic acids is 1. The van der Waals surface area contributed by atoms with Crippen LogP contribution in [0.4, 0.5) is 5.69 Å². The zero-order valence-electron chi connectivity index (χ0n) is 15.1. The molecule has 4 nitrogen and oxygen atoms in total. The van der Waals surface area contributed by atoms with Gasteiger partial charge in [0.25, 0.3) is 0 Å². The van der Waals surface area contributed by atoms with Crippen molar-refractivity contribution in [3.8, 4) is 5.75 Å².